The minimum Gasteiger partial charge on any atom is -0.336 e. The van der Waals surface area contributed by atoms with Crippen molar-refractivity contribution in [2.24, 2.45) is 5.41 Å². The van der Waals surface area contributed by atoms with E-state index in [0.717, 1.165) is 44.6 Å². The number of hydrogen-bond acceptors (Lipinski definition) is 3. The average Bonchev–Trinajstić information content (AvgIpc) is 2.69. The lowest BCUT2D eigenvalue weighted by molar-refractivity contribution is -0.128. The maximum atomic E-state index is 12.2. The van der Waals surface area contributed by atoms with E-state index in [1.54, 1.807) is 0 Å². The number of pyridine rings is 1. The molecule has 1 aromatic heterocycles. The van der Waals surface area contributed by atoms with Gasteiger partial charge in [-0.1, -0.05) is 6.07 Å². The van der Waals surface area contributed by atoms with Crippen molar-refractivity contribution in [1.82, 2.24) is 15.2 Å². The Kier molecular flexibility index (Phi) is 3.27. The highest BCUT2D eigenvalue weighted by atomic mass is 16.2. The number of hydrogen-bond donors (Lipinski definition) is 1. The molecule has 2 aliphatic rings. The van der Waals surface area contributed by atoms with Crippen LogP contribution in [0.5, 0.6) is 0 Å². The van der Waals surface area contributed by atoms with Gasteiger partial charge in [0.05, 0.1) is 12.2 Å². The number of amides is 1. The van der Waals surface area contributed by atoms with E-state index in [1.807, 2.05) is 17.2 Å². The first-order valence-electron chi connectivity index (χ1n) is 7.08. The van der Waals surface area contributed by atoms with Gasteiger partial charge >= 0.3 is 0 Å². The molecule has 19 heavy (non-hydrogen) atoms. The Hall–Kier alpha value is -1.42. The number of aryl methyl sites for hydroxylation is 1. The Morgan fingerprint density at radius 3 is 2.95 bits per heavy atom. The summed E-state index contributed by atoms with van der Waals surface area (Å²) < 4.78 is 0. The monoisotopic (exact) mass is 259 g/mol. The van der Waals surface area contributed by atoms with E-state index in [-0.39, 0.29) is 5.41 Å². The highest BCUT2D eigenvalue weighted by Gasteiger charge is 2.43. The molecule has 0 saturated carbocycles. The van der Waals surface area contributed by atoms with E-state index >= 15 is 0 Å². The van der Waals surface area contributed by atoms with Crippen LogP contribution in [0.25, 0.3) is 0 Å². The highest BCUT2D eigenvalue weighted by molar-refractivity contribution is 5.79. The summed E-state index contributed by atoms with van der Waals surface area (Å²) in [4.78, 5) is 18.6. The largest absolute Gasteiger partial charge is 0.336 e. The zero-order chi connectivity index (χ0) is 13.3. The van der Waals surface area contributed by atoms with Gasteiger partial charge in [-0.05, 0) is 49.9 Å². The van der Waals surface area contributed by atoms with Crippen LogP contribution >= 0.6 is 0 Å². The third kappa shape index (κ3) is 2.50. The van der Waals surface area contributed by atoms with Gasteiger partial charge in [0.2, 0.25) is 5.91 Å². The third-order valence-electron chi connectivity index (χ3n) is 4.53. The molecule has 0 radical (unpaired) electrons. The van der Waals surface area contributed by atoms with Crippen LogP contribution in [0.2, 0.25) is 0 Å². The van der Waals surface area contributed by atoms with E-state index < -0.39 is 0 Å². The number of piperidine rings is 1. The standard InChI is InChI=1S/C15H21N3O/c1-12-3-2-6-17-13(12)10-18-11-15(9-14(18)19)4-7-16-8-5-15/h2-3,6,16H,4-5,7-11H2,1H3. The van der Waals surface area contributed by atoms with Crippen molar-refractivity contribution in [2.75, 3.05) is 19.6 Å². The van der Waals surface area contributed by atoms with Gasteiger partial charge in [-0.3, -0.25) is 9.78 Å². The number of carbonyl (C=O) groups excluding carboxylic acids is 1. The molecule has 2 saturated heterocycles. The Morgan fingerprint density at radius 1 is 1.42 bits per heavy atom. The van der Waals surface area contributed by atoms with Gasteiger partial charge < -0.3 is 10.2 Å². The zero-order valence-corrected chi connectivity index (χ0v) is 11.5. The van der Waals surface area contributed by atoms with E-state index in [0.29, 0.717) is 12.5 Å². The van der Waals surface area contributed by atoms with Crippen LogP contribution in [-0.4, -0.2) is 35.4 Å². The predicted molar refractivity (Wildman–Crippen MR) is 73.5 cm³/mol. The lowest BCUT2D eigenvalue weighted by Crippen LogP contribution is -2.38. The van der Waals surface area contributed by atoms with Crippen molar-refractivity contribution in [3.63, 3.8) is 0 Å². The van der Waals surface area contributed by atoms with Crippen molar-refractivity contribution in [3.05, 3.63) is 29.6 Å². The molecule has 2 fully saturated rings. The first-order chi connectivity index (χ1) is 9.19. The molecule has 1 amide bonds. The number of nitrogens with zero attached hydrogens (tertiary/aromatic N) is 2. The highest BCUT2D eigenvalue weighted by Crippen LogP contribution is 2.39. The van der Waals surface area contributed by atoms with Crippen LogP contribution in [0.15, 0.2) is 18.3 Å². The normalized spacial score (nSPS) is 22.2. The van der Waals surface area contributed by atoms with Crippen LogP contribution in [0.1, 0.15) is 30.5 Å². The molecule has 3 heterocycles. The maximum Gasteiger partial charge on any atom is 0.223 e. The summed E-state index contributed by atoms with van der Waals surface area (Å²) in [6, 6.07) is 4.00. The Labute approximate surface area is 114 Å². The number of likely N-dealkylation sites (tertiary alicyclic amines) is 1. The van der Waals surface area contributed by atoms with Crippen LogP contribution in [0.4, 0.5) is 0 Å². The topological polar surface area (TPSA) is 45.2 Å². The van der Waals surface area contributed by atoms with Gasteiger partial charge in [-0.15, -0.1) is 0 Å². The molecule has 1 spiro atoms. The number of nitrogens with one attached hydrogen (secondary N) is 1. The molecule has 0 unspecified atom stereocenters. The zero-order valence-electron chi connectivity index (χ0n) is 11.5. The first kappa shape index (κ1) is 12.6. The molecule has 0 aromatic carbocycles. The van der Waals surface area contributed by atoms with Gasteiger partial charge in [0.1, 0.15) is 0 Å². The van der Waals surface area contributed by atoms with Crippen molar-refractivity contribution >= 4 is 5.91 Å². The van der Waals surface area contributed by atoms with E-state index in [2.05, 4.69) is 23.3 Å². The molecule has 0 bridgehead atoms. The molecule has 1 N–H and O–H groups in total. The van der Waals surface area contributed by atoms with Crippen LogP contribution in [-0.2, 0) is 11.3 Å². The van der Waals surface area contributed by atoms with E-state index in [4.69, 9.17) is 0 Å². The fourth-order valence-corrected chi connectivity index (χ4v) is 3.28. The van der Waals surface area contributed by atoms with Crippen LogP contribution in [0, 0.1) is 12.3 Å². The van der Waals surface area contributed by atoms with Gasteiger partial charge in [-0.2, -0.15) is 0 Å². The van der Waals surface area contributed by atoms with Crippen molar-refractivity contribution in [3.8, 4) is 0 Å². The summed E-state index contributed by atoms with van der Waals surface area (Å²) in [7, 11) is 0. The molecular weight excluding hydrogens is 238 g/mol. The van der Waals surface area contributed by atoms with Crippen molar-refractivity contribution < 1.29 is 4.79 Å². The summed E-state index contributed by atoms with van der Waals surface area (Å²) in [5.41, 5.74) is 2.42. The summed E-state index contributed by atoms with van der Waals surface area (Å²) in [6.45, 7) is 5.72. The second-order valence-corrected chi connectivity index (χ2v) is 5.94. The molecule has 102 valence electrons. The van der Waals surface area contributed by atoms with Gasteiger partial charge in [-0.25, -0.2) is 0 Å². The molecule has 1 aromatic rings. The SMILES string of the molecule is Cc1cccnc1CN1CC2(CCNCC2)CC1=O. The minimum absolute atomic E-state index is 0.227. The first-order valence-corrected chi connectivity index (χ1v) is 7.08. The average molecular weight is 259 g/mol. The molecule has 3 rings (SSSR count). The smallest absolute Gasteiger partial charge is 0.223 e. The summed E-state index contributed by atoms with van der Waals surface area (Å²) in [5.74, 6) is 0.298. The lowest BCUT2D eigenvalue weighted by Gasteiger charge is -2.33. The molecule has 2 aliphatic heterocycles. The molecule has 4 nitrogen and oxygen atoms in total. The Balaban J connectivity index is 1.72. The van der Waals surface area contributed by atoms with Gasteiger partial charge in [0, 0.05) is 19.2 Å². The van der Waals surface area contributed by atoms with E-state index in [9.17, 15) is 4.79 Å². The molecular formula is C15H21N3O. The Morgan fingerprint density at radius 2 is 2.21 bits per heavy atom. The van der Waals surface area contributed by atoms with Gasteiger partial charge in [0.25, 0.3) is 0 Å². The fourth-order valence-electron chi connectivity index (χ4n) is 3.28. The summed E-state index contributed by atoms with van der Waals surface area (Å²) in [6.07, 6.45) is 4.77. The maximum absolute atomic E-state index is 12.2. The number of carbonyl (C=O) groups is 1. The van der Waals surface area contributed by atoms with E-state index in [1.165, 1.54) is 5.56 Å². The van der Waals surface area contributed by atoms with Crippen molar-refractivity contribution in [1.29, 1.82) is 0 Å². The molecule has 0 atom stereocenters. The van der Waals surface area contributed by atoms with Gasteiger partial charge in [0.15, 0.2) is 0 Å². The lowest BCUT2D eigenvalue weighted by atomic mass is 9.78. The second-order valence-electron chi connectivity index (χ2n) is 5.94. The molecule has 0 aliphatic carbocycles. The number of aromatic nitrogens is 1. The Bertz CT molecular complexity index is 480. The molecule has 4 heteroatoms. The summed E-state index contributed by atoms with van der Waals surface area (Å²) >= 11 is 0. The summed E-state index contributed by atoms with van der Waals surface area (Å²) in [5, 5.41) is 3.38. The second kappa shape index (κ2) is 4.93. The number of rotatable bonds is 2. The van der Waals surface area contributed by atoms with Crippen LogP contribution < -0.4 is 5.32 Å². The van der Waals surface area contributed by atoms with Crippen molar-refractivity contribution in [2.45, 2.75) is 32.7 Å². The third-order valence-corrected chi connectivity index (χ3v) is 4.53. The quantitative estimate of drug-likeness (QED) is 0.875. The minimum atomic E-state index is 0.227. The predicted octanol–water partition coefficient (Wildman–Crippen LogP) is 1.49. The fraction of sp³-hybridized carbons (Fsp3) is 0.600. The van der Waals surface area contributed by atoms with Crippen LogP contribution in [0.3, 0.4) is 0 Å².